The molecule has 12 heteroatoms. The van der Waals surface area contributed by atoms with E-state index in [1.165, 1.54) is 26.0 Å². The predicted molar refractivity (Wildman–Crippen MR) is 154 cm³/mol. The van der Waals surface area contributed by atoms with E-state index in [0.717, 1.165) is 27.7 Å². The minimum absolute atomic E-state index is 0.121. The van der Waals surface area contributed by atoms with Crippen LogP contribution >= 0.6 is 0 Å². The normalized spacial score (nSPS) is 32.1. The summed E-state index contributed by atoms with van der Waals surface area (Å²) in [7, 11) is 0. The molecule has 0 amide bonds. The Labute approximate surface area is 257 Å². The lowest BCUT2D eigenvalue weighted by atomic mass is 9.72. The van der Waals surface area contributed by atoms with E-state index < -0.39 is 101 Å². The van der Waals surface area contributed by atoms with Crippen molar-refractivity contribution in [3.63, 3.8) is 0 Å². The van der Waals surface area contributed by atoms with Gasteiger partial charge in [-0.2, -0.15) is 0 Å². The van der Waals surface area contributed by atoms with Gasteiger partial charge in [-0.1, -0.05) is 46.4 Å². The molecule has 244 valence electrons. The molecule has 0 aromatic heterocycles. The number of hydrogen-bond acceptors (Lipinski definition) is 12. The fourth-order valence-corrected chi connectivity index (χ4v) is 5.88. The molecule has 2 aliphatic carbocycles. The highest BCUT2D eigenvalue weighted by Crippen LogP contribution is 2.51. The molecule has 0 aromatic carbocycles. The number of carbonyl (C=O) groups excluding carboxylic acids is 7. The fraction of sp³-hybridized carbons (Fsp3) is 0.656. The molecular weight excluding hydrogens is 576 g/mol. The first-order chi connectivity index (χ1) is 20.2. The highest BCUT2D eigenvalue weighted by molar-refractivity contribution is 5.95. The first-order valence-corrected chi connectivity index (χ1v) is 14.5. The Morgan fingerprint density at radius 2 is 1.32 bits per heavy atom. The Morgan fingerprint density at radius 1 is 0.795 bits per heavy atom. The van der Waals surface area contributed by atoms with Crippen LogP contribution in [0.3, 0.4) is 0 Å². The molecule has 0 radical (unpaired) electrons. The van der Waals surface area contributed by atoms with E-state index in [-0.39, 0.29) is 12.0 Å². The van der Waals surface area contributed by atoms with Crippen molar-refractivity contribution in [3.8, 4) is 0 Å². The number of fused-ring (bicyclic) bond motifs is 1. The van der Waals surface area contributed by atoms with E-state index in [9.17, 15) is 33.6 Å². The second-order valence-corrected chi connectivity index (χ2v) is 12.5. The van der Waals surface area contributed by atoms with Crippen molar-refractivity contribution in [2.75, 3.05) is 0 Å². The number of Topliss-reactive ketones (excluding diaryl/α,β-unsaturated/α-hetero) is 2. The SMILES string of the molecule is C=C1[C@H](OC(C)=O)[C@H]2[C@@H](OC(C)=O)C(C)C[C@]2(OC(C)=O)C(=O)[C@H](C)C=CC(C)(C)C(=O)[C@H](OC(=O)C(C)C)[C@H]1OC(C)=O. The molecule has 2 rings (SSSR count). The summed E-state index contributed by atoms with van der Waals surface area (Å²) >= 11 is 0. The van der Waals surface area contributed by atoms with Gasteiger partial charge in [-0.3, -0.25) is 33.6 Å². The molecule has 0 N–H and O–H groups in total. The third-order valence-corrected chi connectivity index (χ3v) is 7.86. The number of rotatable bonds is 6. The summed E-state index contributed by atoms with van der Waals surface area (Å²) < 4.78 is 28.5. The molecule has 0 bridgehead atoms. The van der Waals surface area contributed by atoms with E-state index in [1.54, 1.807) is 27.7 Å². The van der Waals surface area contributed by atoms with Gasteiger partial charge >= 0.3 is 29.8 Å². The van der Waals surface area contributed by atoms with Crippen LogP contribution in [0.5, 0.6) is 0 Å². The molecule has 2 aliphatic rings. The van der Waals surface area contributed by atoms with Gasteiger partial charge < -0.3 is 23.7 Å². The van der Waals surface area contributed by atoms with E-state index in [2.05, 4.69) is 6.58 Å². The van der Waals surface area contributed by atoms with Crippen LogP contribution in [-0.4, -0.2) is 71.4 Å². The standard InChI is InChI=1S/C32H44O12/c1-15(2)30(39)43-27-26(42-21(8)35)18(5)25(41-20(7)34)23-24(40-19(6)33)17(4)14-32(23,44-22(9)36)28(37)16(3)12-13-31(10,11)29(27)38/h12-13,15-17,23-27H,5,14H2,1-4,6-11H3/t16-,17?,23-,24+,25+,26+,27-,32-/m1/s1. The van der Waals surface area contributed by atoms with Gasteiger partial charge in [0.2, 0.25) is 6.10 Å². The maximum atomic E-state index is 14.4. The van der Waals surface area contributed by atoms with Crippen LogP contribution in [0.25, 0.3) is 0 Å². The van der Waals surface area contributed by atoms with Gasteiger partial charge in [-0.15, -0.1) is 0 Å². The van der Waals surface area contributed by atoms with Crippen LogP contribution in [0.15, 0.2) is 24.3 Å². The van der Waals surface area contributed by atoms with Crippen molar-refractivity contribution in [1.29, 1.82) is 0 Å². The van der Waals surface area contributed by atoms with Crippen LogP contribution in [0.4, 0.5) is 0 Å². The van der Waals surface area contributed by atoms with Gasteiger partial charge in [0.25, 0.3) is 0 Å². The van der Waals surface area contributed by atoms with Crippen molar-refractivity contribution >= 4 is 41.4 Å². The molecule has 0 spiro atoms. The molecular formula is C32H44O12. The monoisotopic (exact) mass is 620 g/mol. The quantitative estimate of drug-likeness (QED) is 0.242. The van der Waals surface area contributed by atoms with Crippen LogP contribution < -0.4 is 0 Å². The number of ether oxygens (including phenoxy) is 5. The largest absolute Gasteiger partial charge is 0.462 e. The molecule has 0 saturated heterocycles. The number of carbonyl (C=O) groups is 7. The van der Waals surface area contributed by atoms with E-state index >= 15 is 0 Å². The minimum Gasteiger partial charge on any atom is -0.462 e. The average molecular weight is 621 g/mol. The van der Waals surface area contributed by atoms with Gasteiger partial charge in [0, 0.05) is 51.0 Å². The third kappa shape index (κ3) is 7.81. The molecule has 1 saturated carbocycles. The van der Waals surface area contributed by atoms with E-state index in [1.807, 2.05) is 0 Å². The van der Waals surface area contributed by atoms with E-state index in [4.69, 9.17) is 23.7 Å². The predicted octanol–water partition coefficient (Wildman–Crippen LogP) is 3.23. The van der Waals surface area contributed by atoms with E-state index in [0.29, 0.717) is 0 Å². The highest BCUT2D eigenvalue weighted by atomic mass is 16.6. The molecule has 44 heavy (non-hydrogen) atoms. The summed E-state index contributed by atoms with van der Waals surface area (Å²) in [5, 5.41) is 0. The fourth-order valence-electron chi connectivity index (χ4n) is 5.88. The topological polar surface area (TPSA) is 166 Å². The molecule has 0 aromatic rings. The Hall–Kier alpha value is -3.83. The number of allylic oxidation sites excluding steroid dienone is 2. The summed E-state index contributed by atoms with van der Waals surface area (Å²) in [6.07, 6.45) is -3.49. The van der Waals surface area contributed by atoms with Crippen molar-refractivity contribution < 1.29 is 57.2 Å². The van der Waals surface area contributed by atoms with Crippen LogP contribution in [0.1, 0.15) is 75.7 Å². The first-order valence-electron chi connectivity index (χ1n) is 14.5. The van der Waals surface area contributed by atoms with Crippen LogP contribution in [0, 0.1) is 29.1 Å². The Bertz CT molecular complexity index is 1240. The summed E-state index contributed by atoms with van der Waals surface area (Å²) in [4.78, 5) is 91.4. The Balaban J connectivity index is 3.08. The Morgan fingerprint density at radius 3 is 1.80 bits per heavy atom. The molecule has 1 fully saturated rings. The number of hydrogen-bond donors (Lipinski definition) is 0. The maximum absolute atomic E-state index is 14.4. The average Bonchev–Trinajstić information content (AvgIpc) is 3.15. The third-order valence-electron chi connectivity index (χ3n) is 7.86. The lowest BCUT2D eigenvalue weighted by Gasteiger charge is -2.42. The smallest absolute Gasteiger partial charge is 0.309 e. The van der Waals surface area contributed by atoms with Crippen molar-refractivity contribution in [3.05, 3.63) is 24.3 Å². The number of ketones is 2. The lowest BCUT2D eigenvalue weighted by Crippen LogP contribution is -2.58. The zero-order chi connectivity index (χ0) is 33.9. The second-order valence-electron chi connectivity index (χ2n) is 12.5. The zero-order valence-electron chi connectivity index (χ0n) is 27.1. The molecule has 12 nitrogen and oxygen atoms in total. The highest BCUT2D eigenvalue weighted by Gasteiger charge is 2.65. The van der Waals surface area contributed by atoms with Crippen molar-refractivity contribution in [2.24, 2.45) is 29.1 Å². The van der Waals surface area contributed by atoms with Gasteiger partial charge in [0.1, 0.15) is 12.2 Å². The lowest BCUT2D eigenvalue weighted by molar-refractivity contribution is -0.187. The van der Waals surface area contributed by atoms with Crippen LogP contribution in [-0.2, 0) is 57.2 Å². The number of esters is 5. The molecule has 0 aliphatic heterocycles. The molecule has 0 heterocycles. The first kappa shape index (κ1) is 36.4. The summed E-state index contributed by atoms with van der Waals surface area (Å²) in [6, 6.07) is 0. The van der Waals surface area contributed by atoms with Gasteiger partial charge in [0.05, 0.1) is 11.8 Å². The summed E-state index contributed by atoms with van der Waals surface area (Å²) in [5.41, 5.74) is -3.65. The Kier molecular flexibility index (Phi) is 11.5. The second kappa shape index (κ2) is 13.9. The van der Waals surface area contributed by atoms with Crippen LogP contribution in [0.2, 0.25) is 0 Å². The van der Waals surface area contributed by atoms with Gasteiger partial charge in [-0.25, -0.2) is 0 Å². The van der Waals surface area contributed by atoms with Gasteiger partial charge in [-0.05, 0) is 19.8 Å². The molecule has 8 atom stereocenters. The summed E-state index contributed by atoms with van der Waals surface area (Å²) in [5.74, 6) is -9.04. The van der Waals surface area contributed by atoms with Crippen molar-refractivity contribution in [1.82, 2.24) is 0 Å². The maximum Gasteiger partial charge on any atom is 0.309 e. The molecule has 1 unspecified atom stereocenters. The minimum atomic E-state index is -2.02. The van der Waals surface area contributed by atoms with Gasteiger partial charge in [0.15, 0.2) is 23.3 Å². The van der Waals surface area contributed by atoms with Crippen molar-refractivity contribution in [2.45, 2.75) is 106 Å². The zero-order valence-corrected chi connectivity index (χ0v) is 27.1. The summed E-state index contributed by atoms with van der Waals surface area (Å²) in [6.45, 7) is 17.8.